The summed E-state index contributed by atoms with van der Waals surface area (Å²) >= 11 is 6.06. The third-order valence-electron chi connectivity index (χ3n) is 3.38. The Morgan fingerprint density at radius 2 is 1.95 bits per heavy atom. The molecule has 0 aromatic heterocycles. The minimum absolute atomic E-state index is 0.0250. The van der Waals surface area contributed by atoms with Crippen molar-refractivity contribution in [3.8, 4) is 0 Å². The van der Waals surface area contributed by atoms with Crippen molar-refractivity contribution in [2.45, 2.75) is 0 Å². The molecule has 4 nitrogen and oxygen atoms in total. The van der Waals surface area contributed by atoms with Gasteiger partial charge in [0.15, 0.2) is 0 Å². The summed E-state index contributed by atoms with van der Waals surface area (Å²) in [6.07, 6.45) is 0. The Kier molecular flexibility index (Phi) is 5.19. The summed E-state index contributed by atoms with van der Waals surface area (Å²) in [5.74, 6) is 0.0250. The van der Waals surface area contributed by atoms with Gasteiger partial charge in [-0.25, -0.2) is 0 Å². The van der Waals surface area contributed by atoms with Crippen LogP contribution in [0.1, 0.15) is 10.4 Å². The fourth-order valence-corrected chi connectivity index (χ4v) is 2.42. The van der Waals surface area contributed by atoms with Crippen LogP contribution in [0.5, 0.6) is 0 Å². The van der Waals surface area contributed by atoms with Gasteiger partial charge in [0.1, 0.15) is 0 Å². The third kappa shape index (κ3) is 3.69. The maximum absolute atomic E-state index is 12.3. The molecule has 0 bridgehead atoms. The lowest BCUT2D eigenvalue weighted by molar-refractivity contribution is 0.0594. The molecule has 2 rings (SSSR count). The Labute approximate surface area is 118 Å². The van der Waals surface area contributed by atoms with E-state index < -0.39 is 0 Å². The molecule has 5 heteroatoms. The van der Waals surface area contributed by atoms with Gasteiger partial charge in [0.2, 0.25) is 0 Å². The summed E-state index contributed by atoms with van der Waals surface area (Å²) in [7, 11) is 1.71. The van der Waals surface area contributed by atoms with Crippen LogP contribution in [0.25, 0.3) is 0 Å². The van der Waals surface area contributed by atoms with Gasteiger partial charge in [0, 0.05) is 39.8 Å². The number of carbonyl (C=O) groups excluding carboxylic acids is 1. The number of hydrogen-bond donors (Lipinski definition) is 0. The van der Waals surface area contributed by atoms with Gasteiger partial charge in [-0.1, -0.05) is 23.7 Å². The number of benzene rings is 1. The summed E-state index contributed by atoms with van der Waals surface area (Å²) in [5, 5.41) is 0.523. The second-order valence-corrected chi connectivity index (χ2v) is 5.01. The van der Waals surface area contributed by atoms with E-state index >= 15 is 0 Å². The smallest absolute Gasteiger partial charge is 0.255 e. The summed E-state index contributed by atoms with van der Waals surface area (Å²) < 4.78 is 5.06. The Morgan fingerprint density at radius 1 is 1.26 bits per heavy atom. The largest absolute Gasteiger partial charge is 0.383 e. The van der Waals surface area contributed by atoms with Crippen molar-refractivity contribution in [2.75, 3.05) is 46.4 Å². The van der Waals surface area contributed by atoms with E-state index in [1.54, 1.807) is 19.2 Å². The van der Waals surface area contributed by atoms with Crippen molar-refractivity contribution < 1.29 is 9.53 Å². The molecule has 1 aliphatic heterocycles. The number of nitrogens with zero attached hydrogens (tertiary/aromatic N) is 2. The molecule has 1 heterocycles. The van der Waals surface area contributed by atoms with Crippen molar-refractivity contribution in [1.82, 2.24) is 9.80 Å². The molecule has 1 aromatic rings. The number of carbonyl (C=O) groups is 1. The van der Waals surface area contributed by atoms with Crippen LogP contribution in [0.2, 0.25) is 5.02 Å². The first-order valence-electron chi connectivity index (χ1n) is 6.47. The molecule has 1 saturated heterocycles. The van der Waals surface area contributed by atoms with Gasteiger partial charge < -0.3 is 9.64 Å². The van der Waals surface area contributed by atoms with Crippen molar-refractivity contribution >= 4 is 17.5 Å². The predicted octanol–water partition coefficient (Wildman–Crippen LogP) is 1.74. The van der Waals surface area contributed by atoms with E-state index in [2.05, 4.69) is 4.90 Å². The van der Waals surface area contributed by atoms with E-state index in [9.17, 15) is 4.79 Å². The van der Waals surface area contributed by atoms with Crippen molar-refractivity contribution in [3.05, 3.63) is 34.9 Å². The lowest BCUT2D eigenvalue weighted by Crippen LogP contribution is -2.49. The highest BCUT2D eigenvalue weighted by Crippen LogP contribution is 2.17. The Hall–Kier alpha value is -1.10. The normalized spacial score (nSPS) is 16.6. The second kappa shape index (κ2) is 6.89. The molecule has 0 radical (unpaired) electrons. The van der Waals surface area contributed by atoms with E-state index in [1.165, 1.54) is 0 Å². The average molecular weight is 283 g/mol. The maximum atomic E-state index is 12.3. The predicted molar refractivity (Wildman–Crippen MR) is 75.7 cm³/mol. The molecular weight excluding hydrogens is 264 g/mol. The van der Waals surface area contributed by atoms with Crippen LogP contribution in [-0.4, -0.2) is 62.1 Å². The first-order valence-corrected chi connectivity index (χ1v) is 6.85. The van der Waals surface area contributed by atoms with Crippen molar-refractivity contribution in [3.63, 3.8) is 0 Å². The van der Waals surface area contributed by atoms with Crippen LogP contribution < -0.4 is 0 Å². The molecule has 0 aliphatic carbocycles. The van der Waals surface area contributed by atoms with Crippen LogP contribution in [0, 0.1) is 0 Å². The fourth-order valence-electron chi connectivity index (χ4n) is 2.20. The summed E-state index contributed by atoms with van der Waals surface area (Å²) in [6.45, 7) is 4.92. The zero-order valence-electron chi connectivity index (χ0n) is 11.1. The zero-order valence-corrected chi connectivity index (χ0v) is 11.9. The first-order chi connectivity index (χ1) is 9.22. The Bertz CT molecular complexity index is 431. The summed E-state index contributed by atoms with van der Waals surface area (Å²) in [6, 6.07) is 7.21. The minimum Gasteiger partial charge on any atom is -0.383 e. The number of hydrogen-bond acceptors (Lipinski definition) is 3. The van der Waals surface area contributed by atoms with Gasteiger partial charge in [0.05, 0.1) is 17.2 Å². The van der Waals surface area contributed by atoms with Crippen LogP contribution in [0.4, 0.5) is 0 Å². The molecule has 19 heavy (non-hydrogen) atoms. The van der Waals surface area contributed by atoms with Crippen molar-refractivity contribution in [1.29, 1.82) is 0 Å². The quantitative estimate of drug-likeness (QED) is 0.843. The number of ether oxygens (including phenoxy) is 1. The SMILES string of the molecule is COCCN1CCN(C(=O)c2ccccc2Cl)CC1. The Morgan fingerprint density at radius 3 is 2.58 bits per heavy atom. The van der Waals surface area contributed by atoms with Crippen LogP contribution in [0.15, 0.2) is 24.3 Å². The molecule has 1 amide bonds. The highest BCUT2D eigenvalue weighted by atomic mass is 35.5. The fraction of sp³-hybridized carbons (Fsp3) is 0.500. The van der Waals surface area contributed by atoms with Gasteiger partial charge in [-0.15, -0.1) is 0 Å². The van der Waals surface area contributed by atoms with Gasteiger partial charge in [-0.2, -0.15) is 0 Å². The summed E-state index contributed by atoms with van der Waals surface area (Å²) in [5.41, 5.74) is 0.592. The summed E-state index contributed by atoms with van der Waals surface area (Å²) in [4.78, 5) is 16.5. The lowest BCUT2D eigenvalue weighted by Gasteiger charge is -2.34. The molecule has 1 fully saturated rings. The molecule has 0 unspecified atom stereocenters. The maximum Gasteiger partial charge on any atom is 0.255 e. The average Bonchev–Trinajstić information content (AvgIpc) is 2.45. The second-order valence-electron chi connectivity index (χ2n) is 4.61. The van der Waals surface area contributed by atoms with E-state index in [0.29, 0.717) is 10.6 Å². The number of methoxy groups -OCH3 is 1. The zero-order chi connectivity index (χ0) is 13.7. The first kappa shape index (κ1) is 14.3. The Balaban J connectivity index is 1.91. The highest BCUT2D eigenvalue weighted by molar-refractivity contribution is 6.33. The van der Waals surface area contributed by atoms with Crippen LogP contribution in [0.3, 0.4) is 0 Å². The van der Waals surface area contributed by atoms with Crippen LogP contribution in [-0.2, 0) is 4.74 Å². The van der Waals surface area contributed by atoms with Crippen molar-refractivity contribution in [2.24, 2.45) is 0 Å². The number of piperazine rings is 1. The molecule has 0 atom stereocenters. The molecular formula is C14H19ClN2O2. The number of amides is 1. The van der Waals surface area contributed by atoms with E-state index in [4.69, 9.17) is 16.3 Å². The molecule has 1 aliphatic rings. The molecule has 1 aromatic carbocycles. The monoisotopic (exact) mass is 282 g/mol. The van der Waals surface area contributed by atoms with E-state index in [-0.39, 0.29) is 5.91 Å². The van der Waals surface area contributed by atoms with Crippen LogP contribution >= 0.6 is 11.6 Å². The van der Waals surface area contributed by atoms with Gasteiger partial charge >= 0.3 is 0 Å². The third-order valence-corrected chi connectivity index (χ3v) is 3.70. The minimum atomic E-state index is 0.0250. The lowest BCUT2D eigenvalue weighted by atomic mass is 10.2. The van der Waals surface area contributed by atoms with Gasteiger partial charge in [0.25, 0.3) is 5.91 Å². The molecule has 0 spiro atoms. The number of halogens is 1. The number of rotatable bonds is 4. The highest BCUT2D eigenvalue weighted by Gasteiger charge is 2.22. The molecule has 0 N–H and O–H groups in total. The van der Waals surface area contributed by atoms with Gasteiger partial charge in [-0.3, -0.25) is 9.69 Å². The standard InChI is InChI=1S/C14H19ClN2O2/c1-19-11-10-16-6-8-17(9-7-16)14(18)12-4-2-3-5-13(12)15/h2-5H,6-11H2,1H3. The molecule has 0 saturated carbocycles. The van der Waals surface area contributed by atoms with E-state index in [1.807, 2.05) is 17.0 Å². The topological polar surface area (TPSA) is 32.8 Å². The van der Waals surface area contributed by atoms with E-state index in [0.717, 1.165) is 39.3 Å². The molecule has 104 valence electrons. The van der Waals surface area contributed by atoms with Gasteiger partial charge in [-0.05, 0) is 12.1 Å².